The third-order valence-electron chi connectivity index (χ3n) is 4.65. The topological polar surface area (TPSA) is 58.6 Å². The minimum absolute atomic E-state index is 0.114. The molecule has 2 aliphatic rings. The van der Waals surface area contributed by atoms with Crippen molar-refractivity contribution in [3.63, 3.8) is 0 Å². The highest BCUT2D eigenvalue weighted by molar-refractivity contribution is 7.89. The van der Waals surface area contributed by atoms with Gasteiger partial charge in [-0.05, 0) is 43.7 Å². The van der Waals surface area contributed by atoms with E-state index in [2.05, 4.69) is 15.7 Å². The van der Waals surface area contributed by atoms with Gasteiger partial charge in [0.2, 0.25) is 10.0 Å². The van der Waals surface area contributed by atoms with Crippen molar-refractivity contribution < 1.29 is 13.2 Å². The van der Waals surface area contributed by atoms with E-state index >= 15 is 0 Å². The Kier molecular flexibility index (Phi) is 5.56. The normalized spacial score (nSPS) is 21.9. The Balaban J connectivity index is 1.56. The molecule has 0 saturated carbocycles. The highest BCUT2D eigenvalue weighted by Gasteiger charge is 2.20. The molecule has 2 aliphatic heterocycles. The number of sulfonamides is 1. The second kappa shape index (κ2) is 7.64. The number of para-hydroxylation sites is 1. The Hall–Kier alpha value is -1.11. The molecule has 2 saturated heterocycles. The molecule has 1 unspecified atom stereocenters. The van der Waals surface area contributed by atoms with Crippen LogP contribution in [0, 0.1) is 0 Å². The van der Waals surface area contributed by atoms with Gasteiger partial charge in [0, 0.05) is 31.9 Å². The van der Waals surface area contributed by atoms with Crippen molar-refractivity contribution in [3.05, 3.63) is 29.8 Å². The molecule has 1 aromatic carbocycles. The molecule has 1 aromatic rings. The minimum atomic E-state index is -3.26. The van der Waals surface area contributed by atoms with Crippen LogP contribution in [-0.4, -0.2) is 40.0 Å². The first-order chi connectivity index (χ1) is 11.1. The highest BCUT2D eigenvalue weighted by Crippen LogP contribution is 2.24. The summed E-state index contributed by atoms with van der Waals surface area (Å²) in [5, 5.41) is 0. The number of nitrogens with zero attached hydrogens (tertiary/aromatic N) is 1. The van der Waals surface area contributed by atoms with E-state index in [0.717, 1.165) is 43.8 Å². The summed E-state index contributed by atoms with van der Waals surface area (Å²) in [5.41, 5.74) is 2.21. The van der Waals surface area contributed by atoms with Crippen LogP contribution in [0.4, 0.5) is 5.69 Å². The summed E-state index contributed by atoms with van der Waals surface area (Å²) in [4.78, 5) is 2.34. The fraction of sp³-hybridized carbons (Fsp3) is 0.647. The standard InChI is InChI=1S/C17H26N2O3S/c20-23(21,13-9-16-7-5-12-22-16)18-14-15-6-1-2-8-17(15)19-10-3-4-11-19/h1-2,6,8,16,18H,3-5,7,9-14H2. The van der Waals surface area contributed by atoms with E-state index in [1.807, 2.05) is 18.2 Å². The third-order valence-corrected chi connectivity index (χ3v) is 6.01. The molecule has 0 radical (unpaired) electrons. The average Bonchev–Trinajstić information content (AvgIpc) is 3.25. The monoisotopic (exact) mass is 338 g/mol. The van der Waals surface area contributed by atoms with Gasteiger partial charge in [0.15, 0.2) is 0 Å². The van der Waals surface area contributed by atoms with Crippen molar-refractivity contribution in [2.45, 2.75) is 44.8 Å². The van der Waals surface area contributed by atoms with Gasteiger partial charge in [0.1, 0.15) is 0 Å². The van der Waals surface area contributed by atoms with Crippen LogP contribution in [0.5, 0.6) is 0 Å². The van der Waals surface area contributed by atoms with E-state index in [0.29, 0.717) is 13.0 Å². The number of nitrogens with one attached hydrogen (secondary N) is 1. The minimum Gasteiger partial charge on any atom is -0.378 e. The van der Waals surface area contributed by atoms with Crippen LogP contribution in [0.25, 0.3) is 0 Å². The summed E-state index contributed by atoms with van der Waals surface area (Å²) in [7, 11) is -3.26. The van der Waals surface area contributed by atoms with Crippen LogP contribution < -0.4 is 9.62 Å². The zero-order valence-electron chi connectivity index (χ0n) is 13.5. The van der Waals surface area contributed by atoms with Gasteiger partial charge in [-0.1, -0.05) is 18.2 Å². The molecular weight excluding hydrogens is 312 g/mol. The van der Waals surface area contributed by atoms with Crippen LogP contribution >= 0.6 is 0 Å². The summed E-state index contributed by atoms with van der Waals surface area (Å²) in [5.74, 6) is 0.142. The van der Waals surface area contributed by atoms with E-state index in [-0.39, 0.29) is 11.9 Å². The molecule has 2 heterocycles. The lowest BCUT2D eigenvalue weighted by molar-refractivity contribution is 0.109. The lowest BCUT2D eigenvalue weighted by atomic mass is 10.1. The molecule has 23 heavy (non-hydrogen) atoms. The van der Waals surface area contributed by atoms with Crippen molar-refractivity contribution >= 4 is 15.7 Å². The van der Waals surface area contributed by atoms with Gasteiger partial charge in [0.05, 0.1) is 11.9 Å². The largest absolute Gasteiger partial charge is 0.378 e. The number of hydrogen-bond donors (Lipinski definition) is 1. The van der Waals surface area contributed by atoms with Crippen LogP contribution in [0.3, 0.4) is 0 Å². The van der Waals surface area contributed by atoms with Crippen LogP contribution in [-0.2, 0) is 21.3 Å². The number of hydrogen-bond acceptors (Lipinski definition) is 4. The second-order valence-corrected chi connectivity index (χ2v) is 8.31. The summed E-state index contributed by atoms with van der Waals surface area (Å²) in [6, 6.07) is 8.08. The van der Waals surface area contributed by atoms with E-state index in [9.17, 15) is 8.42 Å². The van der Waals surface area contributed by atoms with E-state index in [1.165, 1.54) is 12.8 Å². The molecule has 0 aromatic heterocycles. The van der Waals surface area contributed by atoms with Crippen molar-refractivity contribution in [2.75, 3.05) is 30.3 Å². The zero-order chi connectivity index (χ0) is 16.1. The first-order valence-electron chi connectivity index (χ1n) is 8.56. The maximum atomic E-state index is 12.2. The molecule has 0 spiro atoms. The lowest BCUT2D eigenvalue weighted by Crippen LogP contribution is -2.29. The number of ether oxygens (including phenoxy) is 1. The molecule has 2 fully saturated rings. The molecule has 0 bridgehead atoms. The Morgan fingerprint density at radius 1 is 1.17 bits per heavy atom. The van der Waals surface area contributed by atoms with Crippen LogP contribution in [0.1, 0.15) is 37.7 Å². The smallest absolute Gasteiger partial charge is 0.211 e. The molecular formula is C17H26N2O3S. The van der Waals surface area contributed by atoms with Gasteiger partial charge in [-0.25, -0.2) is 13.1 Å². The van der Waals surface area contributed by atoms with Gasteiger partial charge in [-0.2, -0.15) is 0 Å². The SMILES string of the molecule is O=S(=O)(CCC1CCCO1)NCc1ccccc1N1CCCC1. The Bertz CT molecular complexity index is 606. The Morgan fingerprint density at radius 3 is 2.70 bits per heavy atom. The van der Waals surface area contributed by atoms with Crippen molar-refractivity contribution in [1.29, 1.82) is 0 Å². The number of benzene rings is 1. The molecule has 1 atom stereocenters. The summed E-state index contributed by atoms with van der Waals surface area (Å²) in [6.07, 6.45) is 5.14. The van der Waals surface area contributed by atoms with Gasteiger partial charge < -0.3 is 9.64 Å². The van der Waals surface area contributed by atoms with Crippen LogP contribution in [0.2, 0.25) is 0 Å². The second-order valence-electron chi connectivity index (χ2n) is 6.39. The van der Waals surface area contributed by atoms with Gasteiger partial charge in [-0.15, -0.1) is 0 Å². The Labute approximate surface area is 139 Å². The number of rotatable bonds is 7. The predicted molar refractivity (Wildman–Crippen MR) is 92.1 cm³/mol. The maximum absolute atomic E-state index is 12.2. The summed E-state index contributed by atoms with van der Waals surface area (Å²) in [6.45, 7) is 3.24. The highest BCUT2D eigenvalue weighted by atomic mass is 32.2. The van der Waals surface area contributed by atoms with Crippen molar-refractivity contribution in [1.82, 2.24) is 4.72 Å². The zero-order valence-corrected chi connectivity index (χ0v) is 14.4. The predicted octanol–water partition coefficient (Wildman–Crippen LogP) is 2.28. The molecule has 5 nitrogen and oxygen atoms in total. The summed E-state index contributed by atoms with van der Waals surface area (Å²) < 4.78 is 32.7. The fourth-order valence-electron chi connectivity index (χ4n) is 3.35. The van der Waals surface area contributed by atoms with E-state index < -0.39 is 10.0 Å². The third kappa shape index (κ3) is 4.68. The van der Waals surface area contributed by atoms with Gasteiger partial charge in [-0.3, -0.25) is 0 Å². The summed E-state index contributed by atoms with van der Waals surface area (Å²) >= 11 is 0. The van der Waals surface area contributed by atoms with Crippen LogP contribution in [0.15, 0.2) is 24.3 Å². The molecule has 1 N–H and O–H groups in total. The lowest BCUT2D eigenvalue weighted by Gasteiger charge is -2.21. The maximum Gasteiger partial charge on any atom is 0.211 e. The molecule has 3 rings (SSSR count). The van der Waals surface area contributed by atoms with E-state index in [1.54, 1.807) is 0 Å². The molecule has 0 amide bonds. The quantitative estimate of drug-likeness (QED) is 0.829. The Morgan fingerprint density at radius 2 is 1.96 bits per heavy atom. The molecule has 0 aliphatic carbocycles. The average molecular weight is 338 g/mol. The fourth-order valence-corrected chi connectivity index (χ4v) is 4.44. The molecule has 6 heteroatoms. The van der Waals surface area contributed by atoms with Gasteiger partial charge >= 0.3 is 0 Å². The number of anilines is 1. The van der Waals surface area contributed by atoms with E-state index in [4.69, 9.17) is 4.74 Å². The first-order valence-corrected chi connectivity index (χ1v) is 10.2. The first kappa shape index (κ1) is 16.7. The van der Waals surface area contributed by atoms with Gasteiger partial charge in [0.25, 0.3) is 0 Å². The van der Waals surface area contributed by atoms with Crippen molar-refractivity contribution in [3.8, 4) is 0 Å². The van der Waals surface area contributed by atoms with Crippen molar-refractivity contribution in [2.24, 2.45) is 0 Å². The molecule has 128 valence electrons.